The fourth-order valence-electron chi connectivity index (χ4n) is 7.01. The lowest BCUT2D eigenvalue weighted by Crippen LogP contribution is -2.14. The van der Waals surface area contributed by atoms with E-state index in [1.807, 2.05) is 50.3 Å². The summed E-state index contributed by atoms with van der Waals surface area (Å²) in [6.07, 6.45) is 9.57. The van der Waals surface area contributed by atoms with Crippen LogP contribution in [-0.2, 0) is 26.8 Å². The van der Waals surface area contributed by atoms with Crippen molar-refractivity contribution < 1.29 is 30.5 Å². The lowest BCUT2D eigenvalue weighted by molar-refractivity contribution is -0.430. The first-order valence-corrected chi connectivity index (χ1v) is 18.2. The maximum Gasteiger partial charge on any atom is 0.295 e. The van der Waals surface area contributed by atoms with Crippen LogP contribution in [0.25, 0.3) is 38.5 Å². The van der Waals surface area contributed by atoms with E-state index in [1.54, 1.807) is 36.4 Å². The number of hydrogen-bond acceptors (Lipinski definition) is 4. The topological polar surface area (TPSA) is 117 Å². The maximum absolute atomic E-state index is 12.1. The van der Waals surface area contributed by atoms with Crippen LogP contribution in [0.3, 0.4) is 0 Å². The Kier molecular flexibility index (Phi) is 7.34. The average Bonchev–Trinajstić information content (AvgIpc) is 3.64. The van der Waals surface area contributed by atoms with Crippen molar-refractivity contribution >= 4 is 81.8 Å². The second kappa shape index (κ2) is 11.0. The van der Waals surface area contributed by atoms with Gasteiger partial charge in [-0.2, -0.15) is 21.4 Å². The van der Waals surface area contributed by atoms with Gasteiger partial charge in [-0.05, 0) is 68.2 Å². The summed E-state index contributed by atoms with van der Waals surface area (Å²) in [5.41, 5.74) is 5.55. The molecule has 7 rings (SSSR count). The van der Waals surface area contributed by atoms with Crippen LogP contribution in [-0.4, -0.2) is 47.3 Å². The van der Waals surface area contributed by atoms with Gasteiger partial charge >= 0.3 is 0 Å². The van der Waals surface area contributed by atoms with Crippen LogP contribution in [0.15, 0.2) is 105 Å². The molecular weight excluding hydrogens is 644 g/mol. The number of aryl methyl sites for hydroxylation is 1. The predicted octanol–water partition coefficient (Wildman–Crippen LogP) is 6.90. The van der Waals surface area contributed by atoms with Gasteiger partial charge in [0.25, 0.3) is 20.2 Å². The van der Waals surface area contributed by atoms with Crippen molar-refractivity contribution in [3.05, 3.63) is 106 Å². The third-order valence-corrected chi connectivity index (χ3v) is 11.3. The first-order valence-electron chi connectivity index (χ1n) is 14.9. The van der Waals surface area contributed by atoms with Gasteiger partial charge in [0, 0.05) is 56.1 Å². The van der Waals surface area contributed by atoms with Crippen LogP contribution in [0.5, 0.6) is 0 Å². The number of allylic oxidation sites excluding steroid dienone is 6. The summed E-state index contributed by atoms with van der Waals surface area (Å²) < 4.78 is 72.2. The lowest BCUT2D eigenvalue weighted by atomic mass is 10.0. The predicted molar refractivity (Wildman–Crippen MR) is 182 cm³/mol. The Hall–Kier alpha value is -4.06. The largest absolute Gasteiger partial charge is 0.341 e. The van der Waals surface area contributed by atoms with Crippen molar-refractivity contribution in [2.24, 2.45) is 0 Å². The zero-order valence-corrected chi connectivity index (χ0v) is 27.4. The third-order valence-electron chi connectivity index (χ3n) is 8.97. The summed E-state index contributed by atoms with van der Waals surface area (Å²) >= 11 is 6.94. The van der Waals surface area contributed by atoms with Crippen molar-refractivity contribution in [2.45, 2.75) is 43.0 Å². The summed E-state index contributed by atoms with van der Waals surface area (Å²) in [4.78, 5) is -0.219. The SMILES string of the molecule is CCn1/c(=C/C=C2\CCC(/C=C/C3=[N+](CC)c4ccc(S(=O)(=O)O)c5cccc3c45)=C2Cl)c2cccc3c(S(=O)(=O)O)ccc1c32. The van der Waals surface area contributed by atoms with E-state index in [9.17, 15) is 25.9 Å². The van der Waals surface area contributed by atoms with Crippen LogP contribution in [0, 0.1) is 0 Å². The minimum Gasteiger partial charge on any atom is -0.341 e. The minimum absolute atomic E-state index is 0.109. The molecule has 0 spiro atoms. The second-order valence-electron chi connectivity index (χ2n) is 11.4. The van der Waals surface area contributed by atoms with Crippen molar-refractivity contribution in [3.8, 4) is 0 Å². The zero-order chi connectivity index (χ0) is 32.5. The molecule has 0 saturated heterocycles. The molecule has 0 saturated carbocycles. The molecule has 8 nitrogen and oxygen atoms in total. The highest BCUT2D eigenvalue weighted by Crippen LogP contribution is 2.40. The molecule has 0 bridgehead atoms. The van der Waals surface area contributed by atoms with Gasteiger partial charge in [-0.1, -0.05) is 54.1 Å². The second-order valence-corrected chi connectivity index (χ2v) is 14.5. The van der Waals surface area contributed by atoms with Gasteiger partial charge in [0.2, 0.25) is 11.4 Å². The quantitative estimate of drug-likeness (QED) is 0.143. The number of aromatic nitrogens is 1. The van der Waals surface area contributed by atoms with E-state index in [0.29, 0.717) is 28.9 Å². The van der Waals surface area contributed by atoms with Gasteiger partial charge in [-0.25, -0.2) is 0 Å². The van der Waals surface area contributed by atoms with Crippen LogP contribution < -0.4 is 5.35 Å². The summed E-state index contributed by atoms with van der Waals surface area (Å²) in [6, 6.07) is 17.3. The lowest BCUT2D eigenvalue weighted by Gasteiger charge is -2.05. The van der Waals surface area contributed by atoms with Gasteiger partial charge in [-0.15, -0.1) is 0 Å². The van der Waals surface area contributed by atoms with Crippen LogP contribution in [0.1, 0.15) is 32.3 Å². The molecule has 1 aromatic heterocycles. The molecule has 2 heterocycles. The standard InChI is InChI=1S/C35H29ClN2O6S2/c1-3-37-27(23-7-5-9-25-31(45(39,40)41)19-17-29(37)33(23)25)15-13-21-11-12-22(35(21)36)14-16-28-24-8-6-10-26-32(46(42,43)44)20-18-30(34(24)26)38(28)4-2/h5-10,13-20H,3-4,11-12H2,1-2H3,(H-,39,40,41,42,43,44)/p+1. The number of nitrogens with zero attached hydrogens (tertiary/aromatic N) is 2. The summed E-state index contributed by atoms with van der Waals surface area (Å²) in [5.74, 6) is 0. The van der Waals surface area contributed by atoms with Crippen LogP contribution >= 0.6 is 11.6 Å². The molecule has 5 aromatic rings. The molecule has 0 amide bonds. The summed E-state index contributed by atoms with van der Waals surface area (Å²) in [7, 11) is -8.77. The molecule has 0 radical (unpaired) electrons. The molecule has 0 atom stereocenters. The van der Waals surface area contributed by atoms with E-state index in [2.05, 4.69) is 9.14 Å². The summed E-state index contributed by atoms with van der Waals surface area (Å²) in [6.45, 7) is 5.39. The van der Waals surface area contributed by atoms with Gasteiger partial charge in [0.1, 0.15) is 16.3 Å². The van der Waals surface area contributed by atoms with Gasteiger partial charge in [-0.3, -0.25) is 9.11 Å². The first-order chi connectivity index (χ1) is 21.9. The van der Waals surface area contributed by atoms with Gasteiger partial charge < -0.3 is 4.57 Å². The van der Waals surface area contributed by atoms with Crippen molar-refractivity contribution in [1.29, 1.82) is 0 Å². The smallest absolute Gasteiger partial charge is 0.295 e. The van der Waals surface area contributed by atoms with Gasteiger partial charge in [0.15, 0.2) is 0 Å². The Balaban J connectivity index is 1.29. The number of rotatable bonds is 7. The molecular formula is C35H30ClN2O6S2+. The number of hydrogen-bond donors (Lipinski definition) is 2. The average molecular weight is 674 g/mol. The van der Waals surface area contributed by atoms with E-state index in [1.165, 1.54) is 12.1 Å². The van der Waals surface area contributed by atoms with E-state index in [4.69, 9.17) is 11.6 Å². The molecule has 0 fully saturated rings. The van der Waals surface area contributed by atoms with Crippen LogP contribution in [0.2, 0.25) is 0 Å². The van der Waals surface area contributed by atoms with E-state index in [0.717, 1.165) is 68.0 Å². The number of benzene rings is 4. The molecule has 1 aliphatic carbocycles. The molecule has 4 aromatic carbocycles. The maximum atomic E-state index is 12.1. The van der Waals surface area contributed by atoms with Crippen LogP contribution in [0.4, 0.5) is 5.69 Å². The highest BCUT2D eigenvalue weighted by molar-refractivity contribution is 7.86. The molecule has 46 heavy (non-hydrogen) atoms. The Morgan fingerprint density at radius 3 is 2.13 bits per heavy atom. The molecule has 0 unspecified atom stereocenters. The fourth-order valence-corrected chi connectivity index (χ4v) is 8.70. The first kappa shape index (κ1) is 30.6. The van der Waals surface area contributed by atoms with E-state index < -0.39 is 20.2 Å². The Morgan fingerprint density at radius 1 is 0.804 bits per heavy atom. The van der Waals surface area contributed by atoms with Crippen molar-refractivity contribution in [3.63, 3.8) is 0 Å². The highest BCUT2D eigenvalue weighted by Gasteiger charge is 2.32. The Morgan fingerprint density at radius 2 is 1.46 bits per heavy atom. The Bertz CT molecular complexity index is 2560. The monoisotopic (exact) mass is 673 g/mol. The normalized spacial score (nSPS) is 17.1. The molecule has 11 heteroatoms. The van der Waals surface area contributed by atoms with E-state index >= 15 is 0 Å². The Labute approximate surface area is 271 Å². The molecule has 234 valence electrons. The third kappa shape index (κ3) is 4.75. The van der Waals surface area contributed by atoms with Crippen molar-refractivity contribution in [2.75, 3.05) is 6.54 Å². The number of halogens is 1. The molecule has 2 aliphatic rings. The molecule has 2 N–H and O–H groups in total. The fraction of sp³-hybridized carbons (Fsp3) is 0.171. The van der Waals surface area contributed by atoms with Crippen molar-refractivity contribution in [1.82, 2.24) is 4.57 Å². The van der Waals surface area contributed by atoms with Gasteiger partial charge in [0.05, 0.1) is 10.9 Å². The highest BCUT2D eigenvalue weighted by atomic mass is 35.5. The minimum atomic E-state index is -4.39. The zero-order valence-electron chi connectivity index (χ0n) is 25.0. The summed E-state index contributed by atoms with van der Waals surface area (Å²) in [5, 5.41) is 5.02. The van der Waals surface area contributed by atoms with E-state index in [-0.39, 0.29) is 9.79 Å². The molecule has 1 aliphatic heterocycles.